The number of alkyl halides is 1. The summed E-state index contributed by atoms with van der Waals surface area (Å²) in [6, 6.07) is 5.68. The van der Waals surface area contributed by atoms with Gasteiger partial charge in [-0.25, -0.2) is 4.39 Å². The van der Waals surface area contributed by atoms with Gasteiger partial charge in [0.25, 0.3) is 0 Å². The SMILES string of the molecule is Cc1ccc([C@H](CF)N2CCNCC2)cc1Cl. The fourth-order valence-electron chi connectivity index (χ4n) is 2.21. The molecular weight excluding hydrogens is 239 g/mol. The standard InChI is InChI=1S/C13H18ClFN2/c1-10-2-3-11(8-12(10)14)13(9-15)17-6-4-16-5-7-17/h2-3,8,13,16H,4-7,9H2,1H3/t13-/m0/s1. The van der Waals surface area contributed by atoms with Gasteiger partial charge in [0.05, 0.1) is 6.04 Å². The van der Waals surface area contributed by atoms with Gasteiger partial charge >= 0.3 is 0 Å². The van der Waals surface area contributed by atoms with Gasteiger partial charge in [-0.3, -0.25) is 4.90 Å². The summed E-state index contributed by atoms with van der Waals surface area (Å²) in [5.74, 6) is 0. The number of nitrogens with zero attached hydrogens (tertiary/aromatic N) is 1. The highest BCUT2D eigenvalue weighted by molar-refractivity contribution is 6.31. The van der Waals surface area contributed by atoms with E-state index in [9.17, 15) is 4.39 Å². The predicted octanol–water partition coefficient (Wildman–Crippen LogP) is 2.56. The van der Waals surface area contributed by atoms with Crippen LogP contribution >= 0.6 is 11.6 Å². The highest BCUT2D eigenvalue weighted by Crippen LogP contribution is 2.26. The summed E-state index contributed by atoms with van der Waals surface area (Å²) in [5.41, 5.74) is 2.01. The van der Waals surface area contributed by atoms with Gasteiger partial charge in [-0.1, -0.05) is 23.7 Å². The van der Waals surface area contributed by atoms with E-state index in [2.05, 4.69) is 10.2 Å². The van der Waals surface area contributed by atoms with Gasteiger partial charge in [-0.2, -0.15) is 0 Å². The van der Waals surface area contributed by atoms with Crippen molar-refractivity contribution in [3.63, 3.8) is 0 Å². The first-order valence-corrected chi connectivity index (χ1v) is 6.37. The van der Waals surface area contributed by atoms with Crippen molar-refractivity contribution in [1.82, 2.24) is 10.2 Å². The van der Waals surface area contributed by atoms with Crippen LogP contribution in [-0.2, 0) is 0 Å². The van der Waals surface area contributed by atoms with Gasteiger partial charge in [-0.05, 0) is 24.1 Å². The van der Waals surface area contributed by atoms with E-state index in [1.54, 1.807) is 0 Å². The van der Waals surface area contributed by atoms with Crippen molar-refractivity contribution in [2.45, 2.75) is 13.0 Å². The molecule has 2 nitrogen and oxygen atoms in total. The molecule has 94 valence electrons. The Morgan fingerprint density at radius 2 is 2.12 bits per heavy atom. The van der Waals surface area contributed by atoms with E-state index >= 15 is 0 Å². The van der Waals surface area contributed by atoms with Gasteiger partial charge in [-0.15, -0.1) is 0 Å². The maximum Gasteiger partial charge on any atom is 0.109 e. The Balaban J connectivity index is 2.18. The molecule has 1 aliphatic heterocycles. The Morgan fingerprint density at radius 3 is 2.71 bits per heavy atom. The molecule has 0 spiro atoms. The van der Waals surface area contributed by atoms with E-state index in [4.69, 9.17) is 11.6 Å². The molecule has 1 fully saturated rings. The minimum Gasteiger partial charge on any atom is -0.314 e. The second kappa shape index (κ2) is 5.80. The zero-order chi connectivity index (χ0) is 12.3. The molecule has 1 N–H and O–H groups in total. The third-order valence-electron chi connectivity index (χ3n) is 3.32. The van der Waals surface area contributed by atoms with Crippen LogP contribution in [0.5, 0.6) is 0 Å². The zero-order valence-electron chi connectivity index (χ0n) is 10.0. The number of benzene rings is 1. The molecule has 0 saturated carbocycles. The summed E-state index contributed by atoms with van der Waals surface area (Å²) >= 11 is 6.10. The summed E-state index contributed by atoms with van der Waals surface area (Å²) in [6.07, 6.45) is 0. The lowest BCUT2D eigenvalue weighted by Gasteiger charge is -2.33. The number of rotatable bonds is 3. The minimum absolute atomic E-state index is 0.157. The molecule has 1 aromatic rings. The van der Waals surface area contributed by atoms with Crippen molar-refractivity contribution in [2.75, 3.05) is 32.9 Å². The molecule has 0 radical (unpaired) electrons. The molecular formula is C13H18ClFN2. The summed E-state index contributed by atoms with van der Waals surface area (Å²) in [4.78, 5) is 2.18. The van der Waals surface area contributed by atoms with Gasteiger partial charge in [0, 0.05) is 31.2 Å². The lowest BCUT2D eigenvalue weighted by molar-refractivity contribution is 0.147. The van der Waals surface area contributed by atoms with Crippen LogP contribution in [0.15, 0.2) is 18.2 Å². The second-order valence-electron chi connectivity index (χ2n) is 4.46. The molecule has 17 heavy (non-hydrogen) atoms. The summed E-state index contributed by atoms with van der Waals surface area (Å²) < 4.78 is 13.3. The second-order valence-corrected chi connectivity index (χ2v) is 4.87. The molecule has 0 bridgehead atoms. The molecule has 1 heterocycles. The van der Waals surface area contributed by atoms with Crippen LogP contribution in [0.1, 0.15) is 17.2 Å². The highest BCUT2D eigenvalue weighted by Gasteiger charge is 2.22. The molecule has 0 unspecified atom stereocenters. The zero-order valence-corrected chi connectivity index (χ0v) is 10.8. The summed E-state index contributed by atoms with van der Waals surface area (Å²) in [6.45, 7) is 5.23. The lowest BCUT2D eigenvalue weighted by Crippen LogP contribution is -2.45. The van der Waals surface area contributed by atoms with Crippen LogP contribution < -0.4 is 5.32 Å². The largest absolute Gasteiger partial charge is 0.314 e. The number of aryl methyl sites for hydroxylation is 1. The fourth-order valence-corrected chi connectivity index (χ4v) is 2.40. The summed E-state index contributed by atoms with van der Waals surface area (Å²) in [5, 5.41) is 3.99. The highest BCUT2D eigenvalue weighted by atomic mass is 35.5. The first-order chi connectivity index (χ1) is 8.22. The van der Waals surface area contributed by atoms with Crippen molar-refractivity contribution in [3.8, 4) is 0 Å². The molecule has 0 amide bonds. The van der Waals surface area contributed by atoms with E-state index in [0.29, 0.717) is 0 Å². The van der Waals surface area contributed by atoms with E-state index < -0.39 is 0 Å². The van der Waals surface area contributed by atoms with Gasteiger partial charge in [0.2, 0.25) is 0 Å². The smallest absolute Gasteiger partial charge is 0.109 e. The molecule has 4 heteroatoms. The van der Waals surface area contributed by atoms with E-state index in [0.717, 1.165) is 42.3 Å². The first kappa shape index (κ1) is 12.8. The number of piperazine rings is 1. The predicted molar refractivity (Wildman–Crippen MR) is 69.3 cm³/mol. The summed E-state index contributed by atoms with van der Waals surface area (Å²) in [7, 11) is 0. The Bertz CT molecular complexity index is 378. The molecule has 2 rings (SSSR count). The topological polar surface area (TPSA) is 15.3 Å². The number of halogens is 2. The van der Waals surface area contributed by atoms with Gasteiger partial charge in [0.15, 0.2) is 0 Å². The average Bonchev–Trinajstić information content (AvgIpc) is 2.36. The molecule has 0 aromatic heterocycles. The Hall–Kier alpha value is -0.640. The average molecular weight is 257 g/mol. The normalized spacial score (nSPS) is 19.2. The van der Waals surface area contributed by atoms with Crippen LogP contribution in [0.4, 0.5) is 4.39 Å². The maximum absolute atomic E-state index is 13.3. The molecule has 1 aromatic carbocycles. The van der Waals surface area contributed by atoms with Crippen LogP contribution in [0.3, 0.4) is 0 Å². The van der Waals surface area contributed by atoms with Gasteiger partial charge in [0.1, 0.15) is 6.67 Å². The number of hydrogen-bond acceptors (Lipinski definition) is 2. The van der Waals surface area contributed by atoms with Crippen LogP contribution in [0, 0.1) is 6.92 Å². The third-order valence-corrected chi connectivity index (χ3v) is 3.73. The number of hydrogen-bond donors (Lipinski definition) is 1. The monoisotopic (exact) mass is 256 g/mol. The quantitative estimate of drug-likeness (QED) is 0.894. The lowest BCUT2D eigenvalue weighted by atomic mass is 10.0. The Kier molecular flexibility index (Phi) is 4.37. The Morgan fingerprint density at radius 1 is 1.41 bits per heavy atom. The van der Waals surface area contributed by atoms with Crippen LogP contribution in [0.2, 0.25) is 5.02 Å². The maximum atomic E-state index is 13.3. The van der Waals surface area contributed by atoms with Crippen LogP contribution in [-0.4, -0.2) is 37.8 Å². The fraction of sp³-hybridized carbons (Fsp3) is 0.538. The number of nitrogens with one attached hydrogen (secondary N) is 1. The van der Waals surface area contributed by atoms with Crippen molar-refractivity contribution < 1.29 is 4.39 Å². The van der Waals surface area contributed by atoms with E-state index in [1.807, 2.05) is 25.1 Å². The van der Waals surface area contributed by atoms with Crippen molar-refractivity contribution in [3.05, 3.63) is 34.3 Å². The van der Waals surface area contributed by atoms with E-state index in [-0.39, 0.29) is 12.7 Å². The molecule has 1 atom stereocenters. The third kappa shape index (κ3) is 2.97. The Labute approximate surface area is 107 Å². The van der Waals surface area contributed by atoms with Crippen molar-refractivity contribution in [1.29, 1.82) is 0 Å². The first-order valence-electron chi connectivity index (χ1n) is 5.99. The molecule has 1 saturated heterocycles. The van der Waals surface area contributed by atoms with Crippen molar-refractivity contribution >= 4 is 11.6 Å². The van der Waals surface area contributed by atoms with E-state index in [1.165, 1.54) is 0 Å². The van der Waals surface area contributed by atoms with Crippen LogP contribution in [0.25, 0.3) is 0 Å². The van der Waals surface area contributed by atoms with Gasteiger partial charge < -0.3 is 5.32 Å². The van der Waals surface area contributed by atoms with Crippen molar-refractivity contribution in [2.24, 2.45) is 0 Å². The molecule has 0 aliphatic carbocycles. The minimum atomic E-state index is -0.362. The molecule has 1 aliphatic rings.